The number of hydrogen-bond acceptors (Lipinski definition) is 6. The van der Waals surface area contributed by atoms with Gasteiger partial charge in [-0.1, -0.05) is 0 Å². The number of nitrogens with zero attached hydrogens (tertiary/aromatic N) is 4. The van der Waals surface area contributed by atoms with Crippen molar-refractivity contribution in [3.8, 4) is 11.5 Å². The van der Waals surface area contributed by atoms with Gasteiger partial charge < -0.3 is 20.1 Å². The topological polar surface area (TPSA) is 75.4 Å². The van der Waals surface area contributed by atoms with Crippen molar-refractivity contribution in [3.63, 3.8) is 0 Å². The summed E-state index contributed by atoms with van der Waals surface area (Å²) in [4.78, 5) is 12.8. The Kier molecular flexibility index (Phi) is 6.93. The van der Waals surface area contributed by atoms with Gasteiger partial charge in [-0.05, 0) is 31.0 Å². The number of hydrogen-bond donors (Lipinski definition) is 2. The third kappa shape index (κ3) is 5.48. The normalized spacial score (nSPS) is 17.3. The monoisotopic (exact) mass is 442 g/mol. The Morgan fingerprint density at radius 2 is 2.06 bits per heavy atom. The molecule has 8 nitrogen and oxygen atoms in total. The number of likely N-dealkylation sites (tertiary alicyclic amines) is 1. The lowest BCUT2D eigenvalue weighted by Gasteiger charge is -2.19. The van der Waals surface area contributed by atoms with E-state index < -0.39 is 0 Å². The van der Waals surface area contributed by atoms with Crippen molar-refractivity contribution < 1.29 is 9.47 Å². The van der Waals surface area contributed by atoms with E-state index in [1.165, 1.54) is 5.56 Å². The number of aromatic nitrogens is 2. The second-order valence-corrected chi connectivity index (χ2v) is 8.48. The van der Waals surface area contributed by atoms with Crippen LogP contribution >= 0.6 is 11.3 Å². The van der Waals surface area contributed by atoms with Gasteiger partial charge in [0.1, 0.15) is 11.5 Å². The summed E-state index contributed by atoms with van der Waals surface area (Å²) in [6.45, 7) is 6.33. The maximum atomic E-state index is 5.40. The first kappa shape index (κ1) is 21.5. The van der Waals surface area contributed by atoms with Crippen LogP contribution in [0.25, 0.3) is 4.96 Å². The van der Waals surface area contributed by atoms with Crippen LogP contribution in [0.1, 0.15) is 24.6 Å². The molecule has 1 aliphatic heterocycles. The number of ether oxygens (including phenoxy) is 2. The number of fused-ring (bicyclic) bond motifs is 1. The molecule has 0 bridgehead atoms. The Bertz CT molecular complexity index is 979. The van der Waals surface area contributed by atoms with Gasteiger partial charge in [-0.2, -0.15) is 0 Å². The van der Waals surface area contributed by atoms with Crippen molar-refractivity contribution in [1.29, 1.82) is 0 Å². The van der Waals surface area contributed by atoms with Gasteiger partial charge in [-0.15, -0.1) is 11.3 Å². The molecule has 1 aliphatic rings. The molecule has 0 saturated carbocycles. The highest BCUT2D eigenvalue weighted by molar-refractivity contribution is 7.15. The second kappa shape index (κ2) is 10.0. The predicted octanol–water partition coefficient (Wildman–Crippen LogP) is 2.74. The summed E-state index contributed by atoms with van der Waals surface area (Å²) in [7, 11) is 3.37. The number of rotatable bonds is 8. The highest BCUT2D eigenvalue weighted by Crippen LogP contribution is 2.24. The van der Waals surface area contributed by atoms with Crippen LogP contribution in [0.2, 0.25) is 0 Å². The van der Waals surface area contributed by atoms with Gasteiger partial charge in [0, 0.05) is 56.1 Å². The first-order valence-corrected chi connectivity index (χ1v) is 11.4. The van der Waals surface area contributed by atoms with Gasteiger partial charge in [0.2, 0.25) is 0 Å². The lowest BCUT2D eigenvalue weighted by molar-refractivity contribution is 0.321. The smallest absolute Gasteiger partial charge is 0.193 e. The Morgan fingerprint density at radius 1 is 1.26 bits per heavy atom. The fourth-order valence-corrected chi connectivity index (χ4v) is 4.55. The molecule has 0 aliphatic carbocycles. The molecule has 1 fully saturated rings. The van der Waals surface area contributed by atoms with E-state index in [0.29, 0.717) is 12.6 Å². The molecule has 0 spiro atoms. The van der Waals surface area contributed by atoms with Crippen LogP contribution in [-0.4, -0.2) is 60.1 Å². The third-order valence-electron chi connectivity index (χ3n) is 5.32. The summed E-state index contributed by atoms with van der Waals surface area (Å²) in [5.74, 6) is 2.49. The summed E-state index contributed by atoms with van der Waals surface area (Å²) < 4.78 is 12.8. The molecule has 9 heteroatoms. The van der Waals surface area contributed by atoms with E-state index in [0.717, 1.165) is 60.7 Å². The summed E-state index contributed by atoms with van der Waals surface area (Å²) in [6, 6.07) is 6.41. The number of aliphatic imine (C=N–C) groups is 1. The standard InChI is InChI=1S/C22H30N6O2S/c1-4-23-21(24-12-18-15-28-7-8-31-22(28)26-18)25-17-5-6-27(14-17)13-16-9-19(29-2)11-20(10-16)30-3/h7-11,15,17H,4-6,12-14H2,1-3H3,(H2,23,24,25). The van der Waals surface area contributed by atoms with Crippen LogP contribution < -0.4 is 20.1 Å². The lowest BCUT2D eigenvalue weighted by Crippen LogP contribution is -2.44. The summed E-state index contributed by atoms with van der Waals surface area (Å²) in [5, 5.41) is 8.98. The molecule has 1 atom stereocenters. The van der Waals surface area contributed by atoms with Gasteiger partial charge in [0.05, 0.1) is 26.5 Å². The average molecular weight is 443 g/mol. The zero-order chi connectivity index (χ0) is 21.6. The molecular weight excluding hydrogens is 412 g/mol. The molecule has 2 aromatic heterocycles. The zero-order valence-corrected chi connectivity index (χ0v) is 19.1. The maximum Gasteiger partial charge on any atom is 0.193 e. The third-order valence-corrected chi connectivity index (χ3v) is 6.09. The molecule has 3 heterocycles. The number of guanidine groups is 1. The average Bonchev–Trinajstić information content (AvgIpc) is 3.48. The predicted molar refractivity (Wildman–Crippen MR) is 124 cm³/mol. The minimum Gasteiger partial charge on any atom is -0.497 e. The van der Waals surface area contributed by atoms with Crippen molar-refractivity contribution in [3.05, 3.63) is 47.2 Å². The fraction of sp³-hybridized carbons (Fsp3) is 0.455. The van der Waals surface area contributed by atoms with Crippen molar-refractivity contribution in [1.82, 2.24) is 24.9 Å². The number of benzene rings is 1. The molecule has 3 aromatic rings. The van der Waals surface area contributed by atoms with Gasteiger partial charge in [0.25, 0.3) is 0 Å². The first-order valence-electron chi connectivity index (χ1n) is 10.6. The number of methoxy groups -OCH3 is 2. The molecule has 1 aromatic carbocycles. The highest BCUT2D eigenvalue weighted by Gasteiger charge is 2.23. The molecular formula is C22H30N6O2S. The molecule has 1 saturated heterocycles. The quantitative estimate of drug-likeness (QED) is 0.413. The van der Waals surface area contributed by atoms with E-state index >= 15 is 0 Å². The van der Waals surface area contributed by atoms with Crippen molar-refractivity contribution >= 4 is 22.3 Å². The van der Waals surface area contributed by atoms with E-state index in [-0.39, 0.29) is 0 Å². The van der Waals surface area contributed by atoms with Crippen LogP contribution in [0.3, 0.4) is 0 Å². The number of nitrogens with one attached hydrogen (secondary N) is 2. The largest absolute Gasteiger partial charge is 0.497 e. The summed E-state index contributed by atoms with van der Waals surface area (Å²) in [6.07, 6.45) is 5.14. The summed E-state index contributed by atoms with van der Waals surface area (Å²) >= 11 is 1.64. The minimum atomic E-state index is 0.357. The Balaban J connectivity index is 1.34. The van der Waals surface area contributed by atoms with Gasteiger partial charge in [-0.25, -0.2) is 9.98 Å². The lowest BCUT2D eigenvalue weighted by atomic mass is 10.2. The highest BCUT2D eigenvalue weighted by atomic mass is 32.1. The Morgan fingerprint density at radius 3 is 2.77 bits per heavy atom. The van der Waals surface area contributed by atoms with Crippen molar-refractivity contribution in [2.75, 3.05) is 33.9 Å². The van der Waals surface area contributed by atoms with Crippen LogP contribution in [0, 0.1) is 0 Å². The van der Waals surface area contributed by atoms with Crippen molar-refractivity contribution in [2.45, 2.75) is 32.5 Å². The molecule has 31 heavy (non-hydrogen) atoms. The van der Waals surface area contributed by atoms with Crippen molar-refractivity contribution in [2.24, 2.45) is 4.99 Å². The number of imidazole rings is 1. The fourth-order valence-electron chi connectivity index (χ4n) is 3.84. The van der Waals surface area contributed by atoms with Gasteiger partial charge in [0.15, 0.2) is 10.9 Å². The zero-order valence-electron chi connectivity index (χ0n) is 18.3. The van der Waals surface area contributed by atoms with E-state index in [1.807, 2.05) is 28.2 Å². The Labute approximate surface area is 186 Å². The number of thiazole rings is 1. The van der Waals surface area contributed by atoms with Gasteiger partial charge >= 0.3 is 0 Å². The first-order chi connectivity index (χ1) is 15.2. The minimum absolute atomic E-state index is 0.357. The molecule has 0 radical (unpaired) electrons. The van der Waals surface area contributed by atoms with Crippen LogP contribution in [0.5, 0.6) is 11.5 Å². The SMILES string of the molecule is CCNC(=NCc1cn2ccsc2n1)NC1CCN(Cc2cc(OC)cc(OC)c2)C1. The van der Waals surface area contributed by atoms with Crippen LogP contribution in [0.4, 0.5) is 0 Å². The summed E-state index contributed by atoms with van der Waals surface area (Å²) in [5.41, 5.74) is 2.17. The van der Waals surface area contributed by atoms with Crippen LogP contribution in [-0.2, 0) is 13.1 Å². The van der Waals surface area contributed by atoms with E-state index in [9.17, 15) is 0 Å². The molecule has 0 amide bonds. The van der Waals surface area contributed by atoms with E-state index in [2.05, 4.69) is 39.6 Å². The molecule has 4 rings (SSSR count). The molecule has 1 unspecified atom stereocenters. The van der Waals surface area contributed by atoms with Gasteiger partial charge in [-0.3, -0.25) is 9.30 Å². The van der Waals surface area contributed by atoms with E-state index in [1.54, 1.807) is 25.6 Å². The molecule has 2 N–H and O–H groups in total. The van der Waals surface area contributed by atoms with Crippen LogP contribution in [0.15, 0.2) is 41.0 Å². The molecule has 166 valence electrons. The van der Waals surface area contributed by atoms with E-state index in [4.69, 9.17) is 14.5 Å². The second-order valence-electron chi connectivity index (χ2n) is 7.61. The maximum absolute atomic E-state index is 5.40. The Hall–Kier alpha value is -2.78.